The number of carbonyl (C=O) groups excluding carboxylic acids is 1. The van der Waals surface area contributed by atoms with Crippen LogP contribution in [-0.2, 0) is 17.8 Å². The standard InChI is InChI=1S/C25H29N3O2S/c1-30-22-9-5-6-19(16-22)17-26-14-12-21-10-11-25(29)28(21)15-13-24-27-23(18-31-24)20-7-3-2-4-8-20/h2-9,16,18,21,26H,10-15,17H2,1H3. The first-order valence-electron chi connectivity index (χ1n) is 10.9. The molecule has 3 aromatic rings. The number of carbonyl (C=O) groups is 1. The molecule has 0 spiro atoms. The third-order valence-electron chi connectivity index (χ3n) is 5.76. The number of benzene rings is 2. The Labute approximate surface area is 188 Å². The van der Waals surface area contributed by atoms with E-state index in [-0.39, 0.29) is 5.91 Å². The van der Waals surface area contributed by atoms with Crippen LogP contribution in [0.3, 0.4) is 0 Å². The van der Waals surface area contributed by atoms with Crippen molar-refractivity contribution in [1.82, 2.24) is 15.2 Å². The van der Waals surface area contributed by atoms with Gasteiger partial charge in [-0.3, -0.25) is 4.79 Å². The van der Waals surface area contributed by atoms with Crippen LogP contribution < -0.4 is 10.1 Å². The van der Waals surface area contributed by atoms with Crippen LogP contribution in [0, 0.1) is 0 Å². The smallest absolute Gasteiger partial charge is 0.222 e. The van der Waals surface area contributed by atoms with Gasteiger partial charge in [-0.15, -0.1) is 11.3 Å². The Bertz CT molecular complexity index is 989. The Morgan fingerprint density at radius 3 is 2.90 bits per heavy atom. The predicted molar refractivity (Wildman–Crippen MR) is 125 cm³/mol. The Morgan fingerprint density at radius 1 is 1.19 bits per heavy atom. The molecule has 1 unspecified atom stereocenters. The molecule has 1 saturated heterocycles. The lowest BCUT2D eigenvalue weighted by Gasteiger charge is -2.24. The van der Waals surface area contributed by atoms with Gasteiger partial charge in [0, 0.05) is 42.9 Å². The SMILES string of the molecule is COc1cccc(CNCCC2CCC(=O)N2CCc2nc(-c3ccccc3)cs2)c1. The first-order valence-corrected chi connectivity index (χ1v) is 11.7. The fourth-order valence-electron chi connectivity index (χ4n) is 4.07. The molecule has 162 valence electrons. The van der Waals surface area contributed by atoms with Crippen molar-refractivity contribution < 1.29 is 9.53 Å². The topological polar surface area (TPSA) is 54.5 Å². The molecule has 2 heterocycles. The van der Waals surface area contributed by atoms with Crippen molar-refractivity contribution >= 4 is 17.2 Å². The highest BCUT2D eigenvalue weighted by molar-refractivity contribution is 7.09. The third kappa shape index (κ3) is 5.71. The third-order valence-corrected chi connectivity index (χ3v) is 6.67. The number of ether oxygens (including phenoxy) is 1. The minimum Gasteiger partial charge on any atom is -0.497 e. The first kappa shape index (κ1) is 21.5. The first-order chi connectivity index (χ1) is 15.2. The molecule has 1 atom stereocenters. The molecular formula is C25H29N3O2S. The summed E-state index contributed by atoms with van der Waals surface area (Å²) >= 11 is 1.68. The second-order valence-corrected chi connectivity index (χ2v) is 8.78. The summed E-state index contributed by atoms with van der Waals surface area (Å²) in [5.41, 5.74) is 3.37. The van der Waals surface area contributed by atoms with Crippen LogP contribution in [0.5, 0.6) is 5.75 Å². The molecule has 2 aromatic carbocycles. The van der Waals surface area contributed by atoms with Gasteiger partial charge in [-0.25, -0.2) is 4.98 Å². The molecule has 1 aromatic heterocycles. The van der Waals surface area contributed by atoms with E-state index >= 15 is 0 Å². The Balaban J connectivity index is 1.25. The maximum atomic E-state index is 12.4. The Kier molecular flexibility index (Phi) is 7.33. The molecular weight excluding hydrogens is 406 g/mol. The molecule has 6 heteroatoms. The van der Waals surface area contributed by atoms with Crippen molar-refractivity contribution in [2.75, 3.05) is 20.2 Å². The van der Waals surface area contributed by atoms with Gasteiger partial charge in [0.05, 0.1) is 17.8 Å². The lowest BCUT2D eigenvalue weighted by molar-refractivity contribution is -0.129. The summed E-state index contributed by atoms with van der Waals surface area (Å²) in [4.78, 5) is 19.3. The number of hydrogen-bond donors (Lipinski definition) is 1. The number of nitrogens with one attached hydrogen (secondary N) is 1. The number of amides is 1. The quantitative estimate of drug-likeness (QED) is 0.475. The van der Waals surface area contributed by atoms with Crippen LogP contribution in [0.4, 0.5) is 0 Å². The molecule has 1 N–H and O–H groups in total. The molecule has 1 fully saturated rings. The van der Waals surface area contributed by atoms with Gasteiger partial charge in [-0.2, -0.15) is 0 Å². The zero-order valence-electron chi connectivity index (χ0n) is 17.9. The largest absolute Gasteiger partial charge is 0.497 e. The van der Waals surface area contributed by atoms with E-state index in [2.05, 4.69) is 39.9 Å². The normalized spacial score (nSPS) is 16.1. The van der Waals surface area contributed by atoms with Gasteiger partial charge in [0.1, 0.15) is 5.75 Å². The van der Waals surface area contributed by atoms with Crippen LogP contribution in [0.2, 0.25) is 0 Å². The summed E-state index contributed by atoms with van der Waals surface area (Å²) in [5.74, 6) is 1.15. The van der Waals surface area contributed by atoms with Gasteiger partial charge in [0.15, 0.2) is 0 Å². The molecule has 0 saturated carbocycles. The molecule has 1 amide bonds. The van der Waals surface area contributed by atoms with Gasteiger partial charge in [-0.05, 0) is 37.1 Å². The molecule has 0 bridgehead atoms. The number of aromatic nitrogens is 1. The molecule has 4 rings (SSSR count). The maximum absolute atomic E-state index is 12.4. The summed E-state index contributed by atoms with van der Waals surface area (Å²) in [6, 6.07) is 18.7. The molecule has 1 aliphatic heterocycles. The van der Waals surface area contributed by atoms with E-state index < -0.39 is 0 Å². The van der Waals surface area contributed by atoms with Crippen molar-refractivity contribution in [2.24, 2.45) is 0 Å². The van der Waals surface area contributed by atoms with Crippen molar-refractivity contribution in [3.63, 3.8) is 0 Å². The molecule has 0 aliphatic carbocycles. The molecule has 0 radical (unpaired) electrons. The number of rotatable bonds is 10. The van der Waals surface area contributed by atoms with E-state index in [1.165, 1.54) is 5.56 Å². The summed E-state index contributed by atoms with van der Waals surface area (Å²) in [7, 11) is 1.69. The van der Waals surface area contributed by atoms with Crippen LogP contribution in [0.25, 0.3) is 11.3 Å². The highest BCUT2D eigenvalue weighted by Gasteiger charge is 2.30. The van der Waals surface area contributed by atoms with Gasteiger partial charge >= 0.3 is 0 Å². The Hall–Kier alpha value is -2.70. The molecule has 31 heavy (non-hydrogen) atoms. The van der Waals surface area contributed by atoms with Gasteiger partial charge < -0.3 is 15.0 Å². The van der Waals surface area contributed by atoms with Crippen LogP contribution in [0.15, 0.2) is 60.0 Å². The second kappa shape index (κ2) is 10.6. The van der Waals surface area contributed by atoms with Crippen molar-refractivity contribution in [3.05, 3.63) is 70.5 Å². The van der Waals surface area contributed by atoms with E-state index in [1.54, 1.807) is 18.4 Å². The van der Waals surface area contributed by atoms with Crippen LogP contribution in [-0.4, -0.2) is 42.0 Å². The van der Waals surface area contributed by atoms with E-state index in [1.807, 2.05) is 30.3 Å². The number of hydrogen-bond acceptors (Lipinski definition) is 5. The number of likely N-dealkylation sites (tertiary alicyclic amines) is 1. The zero-order valence-corrected chi connectivity index (χ0v) is 18.7. The highest BCUT2D eigenvalue weighted by Crippen LogP contribution is 2.25. The van der Waals surface area contributed by atoms with Gasteiger partial charge in [-0.1, -0.05) is 42.5 Å². The minimum absolute atomic E-state index is 0.276. The van der Waals surface area contributed by atoms with E-state index in [4.69, 9.17) is 9.72 Å². The van der Waals surface area contributed by atoms with Crippen molar-refractivity contribution in [2.45, 2.75) is 38.3 Å². The number of thiazole rings is 1. The van der Waals surface area contributed by atoms with E-state index in [0.717, 1.165) is 60.9 Å². The zero-order chi connectivity index (χ0) is 21.5. The van der Waals surface area contributed by atoms with Crippen molar-refractivity contribution in [1.29, 1.82) is 0 Å². The van der Waals surface area contributed by atoms with Crippen LogP contribution in [0.1, 0.15) is 29.8 Å². The predicted octanol–water partition coefficient (Wildman–Crippen LogP) is 4.53. The van der Waals surface area contributed by atoms with Gasteiger partial charge in [0.2, 0.25) is 5.91 Å². The van der Waals surface area contributed by atoms with Crippen molar-refractivity contribution in [3.8, 4) is 17.0 Å². The van der Waals surface area contributed by atoms with Crippen LogP contribution >= 0.6 is 11.3 Å². The van der Waals surface area contributed by atoms with E-state index in [9.17, 15) is 4.79 Å². The lowest BCUT2D eigenvalue weighted by Crippen LogP contribution is -2.36. The number of nitrogens with zero attached hydrogens (tertiary/aromatic N) is 2. The summed E-state index contributed by atoms with van der Waals surface area (Å²) in [5, 5.41) is 6.71. The number of methoxy groups -OCH3 is 1. The summed E-state index contributed by atoms with van der Waals surface area (Å²) in [6.07, 6.45) is 3.40. The fraction of sp³-hybridized carbons (Fsp3) is 0.360. The fourth-order valence-corrected chi connectivity index (χ4v) is 4.86. The highest BCUT2D eigenvalue weighted by atomic mass is 32.1. The second-order valence-electron chi connectivity index (χ2n) is 7.84. The van der Waals surface area contributed by atoms with E-state index in [0.29, 0.717) is 12.5 Å². The maximum Gasteiger partial charge on any atom is 0.222 e. The summed E-state index contributed by atoms with van der Waals surface area (Å²) in [6.45, 7) is 2.45. The average molecular weight is 436 g/mol. The monoisotopic (exact) mass is 435 g/mol. The molecule has 5 nitrogen and oxygen atoms in total. The summed E-state index contributed by atoms with van der Waals surface area (Å²) < 4.78 is 5.28. The van der Waals surface area contributed by atoms with Gasteiger partial charge in [0.25, 0.3) is 0 Å². The Morgan fingerprint density at radius 2 is 2.06 bits per heavy atom. The average Bonchev–Trinajstić information content (AvgIpc) is 3.42. The lowest BCUT2D eigenvalue weighted by atomic mass is 10.1. The minimum atomic E-state index is 0.276. The molecule has 1 aliphatic rings.